The van der Waals surface area contributed by atoms with Gasteiger partial charge in [0.25, 0.3) is 0 Å². The Balaban J connectivity index is 1.94. The topological polar surface area (TPSA) is 53.4 Å². The minimum absolute atomic E-state index is 0.0901. The van der Waals surface area contributed by atoms with Crippen molar-refractivity contribution in [2.24, 2.45) is 0 Å². The van der Waals surface area contributed by atoms with Gasteiger partial charge in [-0.25, -0.2) is 0 Å². The van der Waals surface area contributed by atoms with Gasteiger partial charge in [0.15, 0.2) is 0 Å². The molecule has 1 N–H and O–H groups in total. The van der Waals surface area contributed by atoms with Gasteiger partial charge in [0.2, 0.25) is 0 Å². The largest absolute Gasteiger partial charge is 0.480 e. The number of hydrogen-bond acceptors (Lipinski definition) is 3. The lowest BCUT2D eigenvalue weighted by atomic mass is 9.90. The summed E-state index contributed by atoms with van der Waals surface area (Å²) in [6, 6.07) is 16.1. The minimum Gasteiger partial charge on any atom is -0.480 e. The second-order valence-corrected chi connectivity index (χ2v) is 6.94. The highest BCUT2D eigenvalue weighted by Gasteiger charge is 2.37. The molecule has 0 aliphatic carbocycles. The van der Waals surface area contributed by atoms with Crippen molar-refractivity contribution in [3.63, 3.8) is 0 Å². The quantitative estimate of drug-likeness (QED) is 0.770. The minimum atomic E-state index is -0.737. The highest BCUT2D eigenvalue weighted by Crippen LogP contribution is 2.38. The molecule has 2 unspecified atom stereocenters. The van der Waals surface area contributed by atoms with Crippen molar-refractivity contribution in [2.75, 3.05) is 6.54 Å². The Morgan fingerprint density at radius 2 is 1.96 bits per heavy atom. The summed E-state index contributed by atoms with van der Waals surface area (Å²) in [6.45, 7) is 2.83. The number of hydrogen-bond donors (Lipinski definition) is 1. The van der Waals surface area contributed by atoms with E-state index in [0.717, 1.165) is 29.7 Å². The first-order valence-corrected chi connectivity index (χ1v) is 9.03. The van der Waals surface area contributed by atoms with E-state index < -0.39 is 12.0 Å². The van der Waals surface area contributed by atoms with Gasteiger partial charge in [0.1, 0.15) is 6.04 Å². The molecule has 4 rings (SSSR count). The van der Waals surface area contributed by atoms with Crippen LogP contribution in [0.3, 0.4) is 0 Å². The van der Waals surface area contributed by atoms with Crippen molar-refractivity contribution in [3.8, 4) is 0 Å². The van der Waals surface area contributed by atoms with Crippen molar-refractivity contribution in [1.82, 2.24) is 9.88 Å². The van der Waals surface area contributed by atoms with Crippen LogP contribution in [-0.4, -0.2) is 33.5 Å². The number of aryl methyl sites for hydroxylation is 1. The van der Waals surface area contributed by atoms with Crippen LogP contribution in [0.4, 0.5) is 0 Å². The Kier molecular flexibility index (Phi) is 4.43. The molecule has 1 aliphatic heterocycles. The van der Waals surface area contributed by atoms with Crippen LogP contribution >= 0.6 is 0 Å². The van der Waals surface area contributed by atoms with Crippen molar-refractivity contribution >= 4 is 16.7 Å². The number of pyridine rings is 1. The Morgan fingerprint density at radius 3 is 2.77 bits per heavy atom. The molecule has 4 heteroatoms. The summed E-state index contributed by atoms with van der Waals surface area (Å²) >= 11 is 0. The zero-order valence-electron chi connectivity index (χ0n) is 14.8. The Labute approximate surface area is 153 Å². The molecule has 1 aromatic heterocycles. The van der Waals surface area contributed by atoms with E-state index in [1.54, 1.807) is 6.20 Å². The van der Waals surface area contributed by atoms with Gasteiger partial charge in [0, 0.05) is 18.9 Å². The fourth-order valence-electron chi connectivity index (χ4n) is 4.17. The van der Waals surface area contributed by atoms with Crippen LogP contribution in [0.5, 0.6) is 0 Å². The maximum absolute atomic E-state index is 11.9. The average molecular weight is 346 g/mol. The van der Waals surface area contributed by atoms with E-state index in [9.17, 15) is 9.90 Å². The van der Waals surface area contributed by atoms with Crippen molar-refractivity contribution in [3.05, 3.63) is 77.6 Å². The molecule has 132 valence electrons. The van der Waals surface area contributed by atoms with Crippen LogP contribution in [0, 0.1) is 6.92 Å². The molecule has 0 saturated carbocycles. The SMILES string of the molecule is Cc1cnccc1C(c1cccc2ccccc12)N1CCCC1C(=O)O. The number of carboxylic acid groups (broad SMARTS) is 1. The van der Waals surface area contributed by atoms with Gasteiger partial charge in [-0.05, 0) is 53.3 Å². The molecule has 2 atom stereocenters. The summed E-state index contributed by atoms with van der Waals surface area (Å²) in [5.41, 5.74) is 3.37. The Morgan fingerprint density at radius 1 is 1.15 bits per heavy atom. The molecule has 0 amide bonds. The first-order valence-electron chi connectivity index (χ1n) is 9.03. The molecule has 4 nitrogen and oxygen atoms in total. The third-order valence-corrected chi connectivity index (χ3v) is 5.39. The normalized spacial score (nSPS) is 18.9. The van der Waals surface area contributed by atoms with Gasteiger partial charge < -0.3 is 5.11 Å². The fourth-order valence-corrected chi connectivity index (χ4v) is 4.17. The molecule has 0 radical (unpaired) electrons. The second-order valence-electron chi connectivity index (χ2n) is 6.94. The van der Waals surface area contributed by atoms with Crippen LogP contribution in [0.25, 0.3) is 10.8 Å². The third-order valence-electron chi connectivity index (χ3n) is 5.39. The lowest BCUT2D eigenvalue weighted by Crippen LogP contribution is -2.39. The van der Waals surface area contributed by atoms with E-state index in [1.807, 2.05) is 31.3 Å². The standard InChI is InChI=1S/C22H22N2O2/c1-15-14-23-12-11-17(15)21(24-13-5-10-20(24)22(25)26)19-9-4-7-16-6-2-3-8-18(16)19/h2-4,6-9,11-12,14,20-21H,5,10,13H2,1H3,(H,25,26). The van der Waals surface area contributed by atoms with Gasteiger partial charge >= 0.3 is 5.97 Å². The number of likely N-dealkylation sites (tertiary alicyclic amines) is 1. The average Bonchev–Trinajstić information content (AvgIpc) is 3.13. The lowest BCUT2D eigenvalue weighted by Gasteiger charge is -2.33. The van der Waals surface area contributed by atoms with Crippen molar-refractivity contribution in [2.45, 2.75) is 31.8 Å². The smallest absolute Gasteiger partial charge is 0.320 e. The van der Waals surface area contributed by atoms with Crippen LogP contribution in [0.1, 0.15) is 35.6 Å². The van der Waals surface area contributed by atoms with Gasteiger partial charge in [-0.1, -0.05) is 42.5 Å². The summed E-state index contributed by atoms with van der Waals surface area (Å²) in [4.78, 5) is 18.2. The van der Waals surface area contributed by atoms with E-state index in [1.165, 1.54) is 10.8 Å². The fraction of sp³-hybridized carbons (Fsp3) is 0.273. The predicted molar refractivity (Wildman–Crippen MR) is 102 cm³/mol. The summed E-state index contributed by atoms with van der Waals surface area (Å²) in [5, 5.41) is 12.1. The van der Waals surface area contributed by atoms with E-state index in [-0.39, 0.29) is 6.04 Å². The Hall–Kier alpha value is -2.72. The van der Waals surface area contributed by atoms with Crippen molar-refractivity contribution in [1.29, 1.82) is 0 Å². The van der Waals surface area contributed by atoms with Crippen LogP contribution in [0.15, 0.2) is 60.9 Å². The van der Waals surface area contributed by atoms with Gasteiger partial charge in [-0.2, -0.15) is 0 Å². The van der Waals surface area contributed by atoms with Gasteiger partial charge in [0.05, 0.1) is 6.04 Å². The highest BCUT2D eigenvalue weighted by molar-refractivity contribution is 5.86. The molecule has 26 heavy (non-hydrogen) atoms. The summed E-state index contributed by atoms with van der Waals surface area (Å²) in [5.74, 6) is -0.737. The number of nitrogens with zero attached hydrogens (tertiary/aromatic N) is 2. The highest BCUT2D eigenvalue weighted by atomic mass is 16.4. The van der Waals surface area contributed by atoms with E-state index in [4.69, 9.17) is 0 Å². The molecule has 1 aliphatic rings. The predicted octanol–water partition coefficient (Wildman–Crippen LogP) is 4.18. The first-order chi connectivity index (χ1) is 12.7. The molecule has 0 bridgehead atoms. The number of aliphatic carboxylic acids is 1. The molecule has 0 spiro atoms. The number of carbonyl (C=O) groups is 1. The molecule has 1 fully saturated rings. The molecular formula is C22H22N2O2. The van der Waals surface area contributed by atoms with E-state index in [0.29, 0.717) is 6.42 Å². The van der Waals surface area contributed by atoms with Crippen LogP contribution in [-0.2, 0) is 4.79 Å². The maximum atomic E-state index is 11.9. The molecule has 2 aromatic carbocycles. The molecular weight excluding hydrogens is 324 g/mol. The van der Waals surface area contributed by atoms with E-state index in [2.05, 4.69) is 40.2 Å². The van der Waals surface area contributed by atoms with E-state index >= 15 is 0 Å². The second kappa shape index (κ2) is 6.89. The lowest BCUT2D eigenvalue weighted by molar-refractivity contribution is -0.142. The monoisotopic (exact) mass is 346 g/mol. The summed E-state index contributed by atoms with van der Waals surface area (Å²) < 4.78 is 0. The zero-order chi connectivity index (χ0) is 18.1. The molecule has 2 heterocycles. The van der Waals surface area contributed by atoms with Crippen LogP contribution in [0.2, 0.25) is 0 Å². The third kappa shape index (κ3) is 2.86. The first kappa shape index (κ1) is 16.7. The zero-order valence-corrected chi connectivity index (χ0v) is 14.8. The Bertz CT molecular complexity index is 948. The number of fused-ring (bicyclic) bond motifs is 1. The van der Waals surface area contributed by atoms with Gasteiger partial charge in [-0.3, -0.25) is 14.7 Å². The summed E-state index contributed by atoms with van der Waals surface area (Å²) in [7, 11) is 0. The molecule has 1 saturated heterocycles. The van der Waals surface area contributed by atoms with Crippen LogP contribution < -0.4 is 0 Å². The number of carboxylic acids is 1. The maximum Gasteiger partial charge on any atom is 0.320 e. The number of aromatic nitrogens is 1. The molecule has 3 aromatic rings. The summed E-state index contributed by atoms with van der Waals surface area (Å²) in [6.07, 6.45) is 5.26. The number of rotatable bonds is 4. The van der Waals surface area contributed by atoms with Gasteiger partial charge in [-0.15, -0.1) is 0 Å². The number of benzene rings is 2. The van der Waals surface area contributed by atoms with Crippen molar-refractivity contribution < 1.29 is 9.90 Å².